The Hall–Kier alpha value is -1.94. The number of benzene rings is 1. The standard InChI is InChI=1S/C16H21N3O/c1-5-10-6-7-13-11(8-10)12(15(20)19-17)9-14(18-13)16(2,3)4/h6-9H,5,17H2,1-4H3,(H,19,20). The van der Waals surface area contributed by atoms with E-state index in [1.165, 1.54) is 5.56 Å². The second kappa shape index (κ2) is 5.21. The van der Waals surface area contributed by atoms with Crippen molar-refractivity contribution in [2.75, 3.05) is 0 Å². The lowest BCUT2D eigenvalue weighted by Gasteiger charge is -2.20. The van der Waals surface area contributed by atoms with Crippen molar-refractivity contribution in [3.8, 4) is 0 Å². The average Bonchev–Trinajstić information content (AvgIpc) is 2.43. The van der Waals surface area contributed by atoms with Gasteiger partial charge in [-0.25, -0.2) is 5.84 Å². The van der Waals surface area contributed by atoms with E-state index < -0.39 is 0 Å². The van der Waals surface area contributed by atoms with Gasteiger partial charge in [0, 0.05) is 16.5 Å². The molecule has 4 nitrogen and oxygen atoms in total. The van der Waals surface area contributed by atoms with E-state index in [1.807, 2.05) is 24.3 Å². The Labute approximate surface area is 119 Å². The van der Waals surface area contributed by atoms with Crippen molar-refractivity contribution in [3.05, 3.63) is 41.1 Å². The first-order valence-electron chi connectivity index (χ1n) is 6.82. The first-order chi connectivity index (χ1) is 9.36. The maximum atomic E-state index is 12.0. The van der Waals surface area contributed by atoms with Crippen molar-refractivity contribution >= 4 is 16.8 Å². The number of fused-ring (bicyclic) bond motifs is 1. The fraction of sp³-hybridized carbons (Fsp3) is 0.375. The summed E-state index contributed by atoms with van der Waals surface area (Å²) < 4.78 is 0. The molecule has 1 aromatic heterocycles. The van der Waals surface area contributed by atoms with Crippen LogP contribution in [0, 0.1) is 0 Å². The van der Waals surface area contributed by atoms with E-state index in [9.17, 15) is 4.79 Å². The highest BCUT2D eigenvalue weighted by Gasteiger charge is 2.20. The molecule has 0 saturated carbocycles. The molecular weight excluding hydrogens is 250 g/mol. The van der Waals surface area contributed by atoms with Crippen LogP contribution in [0.25, 0.3) is 10.9 Å². The van der Waals surface area contributed by atoms with E-state index in [0.717, 1.165) is 23.0 Å². The third-order valence-electron chi connectivity index (χ3n) is 3.43. The van der Waals surface area contributed by atoms with Crippen LogP contribution in [0.1, 0.15) is 49.3 Å². The molecule has 20 heavy (non-hydrogen) atoms. The maximum absolute atomic E-state index is 12.0. The van der Waals surface area contributed by atoms with Crippen LogP contribution in [-0.4, -0.2) is 10.9 Å². The minimum absolute atomic E-state index is 0.124. The summed E-state index contributed by atoms with van der Waals surface area (Å²) in [5.74, 6) is 5.02. The summed E-state index contributed by atoms with van der Waals surface area (Å²) in [4.78, 5) is 16.7. The minimum Gasteiger partial charge on any atom is -0.290 e. The van der Waals surface area contributed by atoms with Crippen LogP contribution in [0.5, 0.6) is 0 Å². The number of pyridine rings is 1. The van der Waals surface area contributed by atoms with E-state index in [-0.39, 0.29) is 11.3 Å². The van der Waals surface area contributed by atoms with E-state index in [1.54, 1.807) is 0 Å². The molecule has 0 saturated heterocycles. The van der Waals surface area contributed by atoms with Gasteiger partial charge in [0.2, 0.25) is 0 Å². The summed E-state index contributed by atoms with van der Waals surface area (Å²) in [7, 11) is 0. The van der Waals surface area contributed by atoms with Crippen LogP contribution in [-0.2, 0) is 11.8 Å². The second-order valence-corrected chi connectivity index (χ2v) is 5.98. The third-order valence-corrected chi connectivity index (χ3v) is 3.43. The van der Waals surface area contributed by atoms with Gasteiger partial charge in [0.15, 0.2) is 0 Å². The zero-order valence-electron chi connectivity index (χ0n) is 12.4. The van der Waals surface area contributed by atoms with Gasteiger partial charge in [-0.05, 0) is 30.2 Å². The lowest BCUT2D eigenvalue weighted by molar-refractivity contribution is 0.0955. The zero-order chi connectivity index (χ0) is 14.9. The van der Waals surface area contributed by atoms with Gasteiger partial charge in [0.05, 0.1) is 11.1 Å². The number of nitrogens with one attached hydrogen (secondary N) is 1. The molecule has 0 unspecified atom stereocenters. The van der Waals surface area contributed by atoms with E-state index in [4.69, 9.17) is 5.84 Å². The highest BCUT2D eigenvalue weighted by atomic mass is 16.2. The molecule has 0 aliphatic rings. The van der Waals surface area contributed by atoms with Crippen molar-refractivity contribution in [2.24, 2.45) is 5.84 Å². The molecule has 2 rings (SSSR count). The van der Waals surface area contributed by atoms with Crippen LogP contribution in [0.2, 0.25) is 0 Å². The van der Waals surface area contributed by atoms with Crippen molar-refractivity contribution in [2.45, 2.75) is 39.5 Å². The predicted molar refractivity (Wildman–Crippen MR) is 81.5 cm³/mol. The Kier molecular flexibility index (Phi) is 3.77. The summed E-state index contributed by atoms with van der Waals surface area (Å²) in [6.07, 6.45) is 0.917. The van der Waals surface area contributed by atoms with Crippen LogP contribution >= 0.6 is 0 Å². The molecule has 0 aliphatic carbocycles. The Balaban J connectivity index is 2.78. The van der Waals surface area contributed by atoms with Gasteiger partial charge >= 0.3 is 0 Å². The number of aromatic nitrogens is 1. The quantitative estimate of drug-likeness (QED) is 0.501. The highest BCUT2D eigenvalue weighted by molar-refractivity contribution is 6.06. The molecule has 3 N–H and O–H groups in total. The molecule has 0 aliphatic heterocycles. The number of carbonyl (C=O) groups excluding carboxylic acids is 1. The molecule has 106 valence electrons. The molecule has 0 bridgehead atoms. The van der Waals surface area contributed by atoms with E-state index in [0.29, 0.717) is 5.56 Å². The number of amides is 1. The maximum Gasteiger partial charge on any atom is 0.265 e. The van der Waals surface area contributed by atoms with E-state index >= 15 is 0 Å². The number of aryl methyl sites for hydroxylation is 1. The first-order valence-corrected chi connectivity index (χ1v) is 6.82. The van der Waals surface area contributed by atoms with Crippen molar-refractivity contribution in [3.63, 3.8) is 0 Å². The van der Waals surface area contributed by atoms with Gasteiger partial charge in [0.1, 0.15) is 0 Å². The Morgan fingerprint density at radius 1 is 1.30 bits per heavy atom. The number of carbonyl (C=O) groups is 1. The van der Waals surface area contributed by atoms with Gasteiger partial charge < -0.3 is 0 Å². The topological polar surface area (TPSA) is 68.0 Å². The molecule has 0 atom stereocenters. The van der Waals surface area contributed by atoms with Crippen molar-refractivity contribution in [1.82, 2.24) is 10.4 Å². The minimum atomic E-state index is -0.281. The molecule has 0 fully saturated rings. The number of hydrogen-bond acceptors (Lipinski definition) is 3. The number of hydrazine groups is 1. The Bertz CT molecular complexity index is 657. The number of nitrogens with two attached hydrogens (primary N) is 1. The highest BCUT2D eigenvalue weighted by Crippen LogP contribution is 2.27. The number of hydrogen-bond donors (Lipinski definition) is 2. The fourth-order valence-corrected chi connectivity index (χ4v) is 2.14. The normalized spacial score (nSPS) is 11.7. The predicted octanol–water partition coefficient (Wildman–Crippen LogP) is 2.70. The zero-order valence-corrected chi connectivity index (χ0v) is 12.4. The van der Waals surface area contributed by atoms with Crippen LogP contribution in [0.3, 0.4) is 0 Å². The fourth-order valence-electron chi connectivity index (χ4n) is 2.14. The monoisotopic (exact) mass is 271 g/mol. The van der Waals surface area contributed by atoms with Crippen molar-refractivity contribution in [1.29, 1.82) is 0 Å². The summed E-state index contributed by atoms with van der Waals surface area (Å²) in [6, 6.07) is 7.87. The molecule has 0 spiro atoms. The number of nitrogens with zero attached hydrogens (tertiary/aromatic N) is 1. The third kappa shape index (κ3) is 2.65. The van der Waals surface area contributed by atoms with Crippen LogP contribution in [0.4, 0.5) is 0 Å². The number of rotatable bonds is 2. The molecule has 1 aromatic carbocycles. The molecule has 1 heterocycles. The summed E-state index contributed by atoms with van der Waals surface area (Å²) in [5.41, 5.74) is 5.56. The summed E-state index contributed by atoms with van der Waals surface area (Å²) in [6.45, 7) is 8.31. The number of nitrogen functional groups attached to an aromatic ring is 1. The van der Waals surface area contributed by atoms with Crippen LogP contribution < -0.4 is 11.3 Å². The smallest absolute Gasteiger partial charge is 0.265 e. The van der Waals surface area contributed by atoms with Crippen molar-refractivity contribution < 1.29 is 4.79 Å². The molecule has 2 aromatic rings. The van der Waals surface area contributed by atoms with Gasteiger partial charge in [-0.2, -0.15) is 0 Å². The Morgan fingerprint density at radius 2 is 2.00 bits per heavy atom. The molecule has 0 radical (unpaired) electrons. The second-order valence-electron chi connectivity index (χ2n) is 5.98. The van der Waals surface area contributed by atoms with Gasteiger partial charge in [0.25, 0.3) is 5.91 Å². The van der Waals surface area contributed by atoms with E-state index in [2.05, 4.69) is 38.1 Å². The Morgan fingerprint density at radius 3 is 2.55 bits per heavy atom. The largest absolute Gasteiger partial charge is 0.290 e. The SMILES string of the molecule is CCc1ccc2nc(C(C)(C)C)cc(C(=O)NN)c2c1. The summed E-state index contributed by atoms with van der Waals surface area (Å²) in [5, 5.41) is 0.848. The average molecular weight is 271 g/mol. The van der Waals surface area contributed by atoms with Gasteiger partial charge in [-0.15, -0.1) is 0 Å². The lowest BCUT2D eigenvalue weighted by Crippen LogP contribution is -2.30. The van der Waals surface area contributed by atoms with Gasteiger partial charge in [-0.3, -0.25) is 15.2 Å². The lowest BCUT2D eigenvalue weighted by atomic mass is 9.89. The molecular formula is C16H21N3O. The van der Waals surface area contributed by atoms with Crippen LogP contribution in [0.15, 0.2) is 24.3 Å². The first kappa shape index (κ1) is 14.5. The molecule has 4 heteroatoms. The summed E-state index contributed by atoms with van der Waals surface area (Å²) >= 11 is 0. The molecule has 1 amide bonds. The van der Waals surface area contributed by atoms with Gasteiger partial charge in [-0.1, -0.05) is 33.8 Å².